The normalized spacial score (nSPS) is 10.2. The molecule has 0 aliphatic carbocycles. The summed E-state index contributed by atoms with van der Waals surface area (Å²) in [5, 5.41) is 2.98. The van der Waals surface area contributed by atoms with E-state index in [1.807, 2.05) is 36.4 Å². The molecule has 0 saturated heterocycles. The van der Waals surface area contributed by atoms with Crippen LogP contribution in [-0.4, -0.2) is 10.9 Å². The Balaban J connectivity index is 2.20. The third-order valence-electron chi connectivity index (χ3n) is 2.93. The van der Waals surface area contributed by atoms with Crippen molar-refractivity contribution >= 4 is 11.6 Å². The summed E-state index contributed by atoms with van der Waals surface area (Å²) in [5.74, 6) is 0.0678. The number of benzene rings is 1. The average molecular weight is 254 g/mol. The molecule has 0 unspecified atom stereocenters. The maximum Gasteiger partial charge on any atom is 0.224 e. The molecule has 0 aliphatic rings. The molecule has 0 atom stereocenters. The maximum absolute atomic E-state index is 11.8. The summed E-state index contributed by atoms with van der Waals surface area (Å²) in [6.45, 7) is 2.08. The summed E-state index contributed by atoms with van der Waals surface area (Å²) < 4.78 is 0. The van der Waals surface area contributed by atoms with Gasteiger partial charge in [-0.15, -0.1) is 0 Å². The summed E-state index contributed by atoms with van der Waals surface area (Å²) in [7, 11) is 0. The van der Waals surface area contributed by atoms with Crippen molar-refractivity contribution in [2.75, 3.05) is 5.32 Å². The number of hydrogen-bond donors (Lipinski definition) is 1. The molecule has 2 rings (SSSR count). The van der Waals surface area contributed by atoms with Crippen molar-refractivity contribution in [2.24, 2.45) is 0 Å². The molecule has 1 amide bonds. The first-order valence-corrected chi connectivity index (χ1v) is 6.60. The molecule has 0 spiro atoms. The van der Waals surface area contributed by atoms with Crippen LogP contribution in [-0.2, 0) is 4.79 Å². The molecule has 1 aromatic heterocycles. The van der Waals surface area contributed by atoms with Crippen LogP contribution in [0.3, 0.4) is 0 Å². The molecule has 1 N–H and O–H groups in total. The standard InChI is InChI=1S/C16H18N2O/c1-2-3-10-16(19)18-15-9-5-4-8-14(15)13-7-6-11-17-12-13/h4-9,11-12H,2-3,10H2,1H3,(H,18,19). The number of unbranched alkanes of at least 4 members (excludes halogenated alkanes) is 1. The van der Waals surface area contributed by atoms with Crippen molar-refractivity contribution < 1.29 is 4.79 Å². The van der Waals surface area contributed by atoms with Crippen LogP contribution < -0.4 is 5.32 Å². The van der Waals surface area contributed by atoms with Crippen LogP contribution in [0.5, 0.6) is 0 Å². The van der Waals surface area contributed by atoms with Crippen molar-refractivity contribution in [1.82, 2.24) is 4.98 Å². The zero-order valence-electron chi connectivity index (χ0n) is 11.1. The Morgan fingerprint density at radius 1 is 1.21 bits per heavy atom. The van der Waals surface area contributed by atoms with Crippen molar-refractivity contribution in [2.45, 2.75) is 26.2 Å². The first kappa shape index (κ1) is 13.3. The lowest BCUT2D eigenvalue weighted by molar-refractivity contribution is -0.116. The van der Waals surface area contributed by atoms with Gasteiger partial charge in [-0.3, -0.25) is 9.78 Å². The highest BCUT2D eigenvalue weighted by Gasteiger charge is 2.07. The number of nitrogens with one attached hydrogen (secondary N) is 1. The van der Waals surface area contributed by atoms with Gasteiger partial charge in [-0.1, -0.05) is 37.6 Å². The Hall–Kier alpha value is -2.16. The lowest BCUT2D eigenvalue weighted by Gasteiger charge is -2.10. The van der Waals surface area contributed by atoms with E-state index in [-0.39, 0.29) is 5.91 Å². The van der Waals surface area contributed by atoms with E-state index in [2.05, 4.69) is 17.2 Å². The third kappa shape index (κ3) is 3.65. The maximum atomic E-state index is 11.8. The van der Waals surface area contributed by atoms with Gasteiger partial charge >= 0.3 is 0 Å². The van der Waals surface area contributed by atoms with E-state index >= 15 is 0 Å². The third-order valence-corrected chi connectivity index (χ3v) is 2.93. The molecule has 0 bridgehead atoms. The van der Waals surface area contributed by atoms with Crippen LogP contribution in [0, 0.1) is 0 Å². The van der Waals surface area contributed by atoms with Gasteiger partial charge in [-0.25, -0.2) is 0 Å². The minimum Gasteiger partial charge on any atom is -0.326 e. The molecule has 3 nitrogen and oxygen atoms in total. The topological polar surface area (TPSA) is 42.0 Å². The number of carbonyl (C=O) groups excluding carboxylic acids is 1. The first-order valence-electron chi connectivity index (χ1n) is 6.60. The highest BCUT2D eigenvalue weighted by Crippen LogP contribution is 2.27. The molecule has 2 aromatic rings. The van der Waals surface area contributed by atoms with Crippen molar-refractivity contribution in [1.29, 1.82) is 0 Å². The fraction of sp³-hybridized carbons (Fsp3) is 0.250. The van der Waals surface area contributed by atoms with E-state index in [9.17, 15) is 4.79 Å². The summed E-state index contributed by atoms with van der Waals surface area (Å²) in [6, 6.07) is 11.7. The summed E-state index contributed by atoms with van der Waals surface area (Å²) in [6.07, 6.45) is 6.05. The summed E-state index contributed by atoms with van der Waals surface area (Å²) >= 11 is 0. The molecule has 0 aliphatic heterocycles. The van der Waals surface area contributed by atoms with Gasteiger partial charge in [0.25, 0.3) is 0 Å². The summed E-state index contributed by atoms with van der Waals surface area (Å²) in [4.78, 5) is 15.9. The van der Waals surface area contributed by atoms with Gasteiger partial charge in [0.2, 0.25) is 5.91 Å². The Bertz CT molecular complexity index is 537. The zero-order chi connectivity index (χ0) is 13.5. The van der Waals surface area contributed by atoms with Gasteiger partial charge in [-0.05, 0) is 18.6 Å². The molecule has 1 aromatic carbocycles. The van der Waals surface area contributed by atoms with Gasteiger partial charge in [0, 0.05) is 35.6 Å². The number of hydrogen-bond acceptors (Lipinski definition) is 2. The molecule has 3 heteroatoms. The Labute approximate surface area is 113 Å². The minimum atomic E-state index is 0.0678. The van der Waals surface area contributed by atoms with E-state index < -0.39 is 0 Å². The highest BCUT2D eigenvalue weighted by molar-refractivity contribution is 5.95. The molecule has 0 radical (unpaired) electrons. The van der Waals surface area contributed by atoms with Crippen molar-refractivity contribution in [3.63, 3.8) is 0 Å². The molecular weight excluding hydrogens is 236 g/mol. The number of carbonyl (C=O) groups is 1. The Morgan fingerprint density at radius 2 is 2.05 bits per heavy atom. The minimum absolute atomic E-state index is 0.0678. The van der Waals surface area contributed by atoms with Crippen LogP contribution in [0.4, 0.5) is 5.69 Å². The number of anilines is 1. The zero-order valence-corrected chi connectivity index (χ0v) is 11.1. The second-order valence-electron chi connectivity index (χ2n) is 4.44. The van der Waals surface area contributed by atoms with E-state index in [0.717, 1.165) is 29.7 Å². The number of aromatic nitrogens is 1. The second kappa shape index (κ2) is 6.69. The first-order chi connectivity index (χ1) is 9.31. The van der Waals surface area contributed by atoms with Crippen LogP contribution in [0.2, 0.25) is 0 Å². The quantitative estimate of drug-likeness (QED) is 0.879. The van der Waals surface area contributed by atoms with Gasteiger partial charge in [0.1, 0.15) is 0 Å². The number of rotatable bonds is 5. The van der Waals surface area contributed by atoms with Gasteiger partial charge in [0.15, 0.2) is 0 Å². The highest BCUT2D eigenvalue weighted by atomic mass is 16.1. The van der Waals surface area contributed by atoms with Gasteiger partial charge in [0.05, 0.1) is 0 Å². The number of nitrogens with zero attached hydrogens (tertiary/aromatic N) is 1. The summed E-state index contributed by atoms with van der Waals surface area (Å²) in [5.41, 5.74) is 2.85. The van der Waals surface area contributed by atoms with E-state index in [1.54, 1.807) is 12.4 Å². The van der Waals surface area contributed by atoms with E-state index in [4.69, 9.17) is 0 Å². The largest absolute Gasteiger partial charge is 0.326 e. The lowest BCUT2D eigenvalue weighted by Crippen LogP contribution is -2.11. The van der Waals surface area contributed by atoms with E-state index in [0.29, 0.717) is 6.42 Å². The van der Waals surface area contributed by atoms with Crippen LogP contribution in [0.1, 0.15) is 26.2 Å². The number of amides is 1. The van der Waals surface area contributed by atoms with Gasteiger partial charge in [-0.2, -0.15) is 0 Å². The molecule has 1 heterocycles. The second-order valence-corrected chi connectivity index (χ2v) is 4.44. The predicted octanol–water partition coefficient (Wildman–Crippen LogP) is 3.88. The Kier molecular flexibility index (Phi) is 4.67. The lowest BCUT2D eigenvalue weighted by atomic mass is 10.1. The predicted molar refractivity (Wildman–Crippen MR) is 77.8 cm³/mol. The SMILES string of the molecule is CCCCC(=O)Nc1ccccc1-c1cccnc1. The van der Waals surface area contributed by atoms with E-state index in [1.165, 1.54) is 0 Å². The number of pyridine rings is 1. The number of para-hydroxylation sites is 1. The van der Waals surface area contributed by atoms with Crippen LogP contribution in [0.25, 0.3) is 11.1 Å². The Morgan fingerprint density at radius 3 is 2.79 bits per heavy atom. The molecular formula is C16H18N2O. The molecule has 19 heavy (non-hydrogen) atoms. The van der Waals surface area contributed by atoms with Gasteiger partial charge < -0.3 is 5.32 Å². The monoisotopic (exact) mass is 254 g/mol. The molecule has 98 valence electrons. The average Bonchev–Trinajstić information content (AvgIpc) is 2.46. The van der Waals surface area contributed by atoms with Crippen molar-refractivity contribution in [3.05, 3.63) is 48.8 Å². The fourth-order valence-corrected chi connectivity index (χ4v) is 1.92. The smallest absolute Gasteiger partial charge is 0.224 e. The molecule has 0 saturated carbocycles. The van der Waals surface area contributed by atoms with Crippen LogP contribution in [0.15, 0.2) is 48.8 Å². The fourth-order valence-electron chi connectivity index (χ4n) is 1.92. The van der Waals surface area contributed by atoms with Crippen molar-refractivity contribution in [3.8, 4) is 11.1 Å². The van der Waals surface area contributed by atoms with Crippen LogP contribution >= 0.6 is 0 Å². The molecule has 0 fully saturated rings.